The van der Waals surface area contributed by atoms with E-state index in [1.165, 1.54) is 6.07 Å². The van der Waals surface area contributed by atoms with Crippen LogP contribution < -0.4 is 9.47 Å². The second kappa shape index (κ2) is 6.45. The molecule has 0 aliphatic rings. The van der Waals surface area contributed by atoms with Crippen LogP contribution in [0.2, 0.25) is 0 Å². The first-order valence-electron chi connectivity index (χ1n) is 7.26. The molecule has 6 heteroatoms. The molecule has 0 amide bonds. The Hall–Kier alpha value is -3.28. The molecule has 24 heavy (non-hydrogen) atoms. The number of benzene rings is 2. The number of methoxy groups -OCH3 is 2. The number of aromatic nitrogens is 2. The summed E-state index contributed by atoms with van der Waals surface area (Å²) < 4.78 is 12.4. The third-order valence-corrected chi connectivity index (χ3v) is 3.61. The summed E-state index contributed by atoms with van der Waals surface area (Å²) in [6.45, 7) is 0. The van der Waals surface area contributed by atoms with E-state index in [2.05, 4.69) is 5.10 Å². The highest BCUT2D eigenvalue weighted by Crippen LogP contribution is 2.39. The van der Waals surface area contributed by atoms with Gasteiger partial charge in [0.15, 0.2) is 5.69 Å². The van der Waals surface area contributed by atoms with Crippen molar-refractivity contribution in [1.82, 2.24) is 9.78 Å². The smallest absolute Gasteiger partial charge is 0.356 e. The normalized spacial score (nSPS) is 10.4. The Labute approximate surface area is 138 Å². The van der Waals surface area contributed by atoms with Crippen LogP contribution in [0.25, 0.3) is 16.9 Å². The molecule has 0 aliphatic heterocycles. The lowest BCUT2D eigenvalue weighted by Gasteiger charge is -2.14. The number of nitrogens with zero attached hydrogens (tertiary/aromatic N) is 2. The van der Waals surface area contributed by atoms with Crippen LogP contribution in [0.5, 0.6) is 11.5 Å². The molecule has 0 unspecified atom stereocenters. The maximum atomic E-state index is 11.4. The van der Waals surface area contributed by atoms with Crippen molar-refractivity contribution in [3.63, 3.8) is 0 Å². The summed E-state index contributed by atoms with van der Waals surface area (Å²) >= 11 is 0. The van der Waals surface area contributed by atoms with Crippen LogP contribution in [-0.2, 0) is 0 Å². The highest BCUT2D eigenvalue weighted by molar-refractivity contribution is 5.88. The van der Waals surface area contributed by atoms with Crippen LogP contribution in [0, 0.1) is 0 Å². The first-order valence-corrected chi connectivity index (χ1v) is 7.26. The van der Waals surface area contributed by atoms with Gasteiger partial charge in [0, 0.05) is 0 Å². The van der Waals surface area contributed by atoms with E-state index in [4.69, 9.17) is 9.47 Å². The van der Waals surface area contributed by atoms with E-state index in [0.29, 0.717) is 22.8 Å². The number of carbonyl (C=O) groups is 1. The predicted octanol–water partition coefficient (Wildman–Crippen LogP) is 3.25. The molecule has 2 aromatic carbocycles. The van der Waals surface area contributed by atoms with E-state index in [1.54, 1.807) is 31.0 Å². The molecule has 1 aromatic heterocycles. The van der Waals surface area contributed by atoms with Crippen LogP contribution in [0.15, 0.2) is 54.6 Å². The summed E-state index contributed by atoms with van der Waals surface area (Å²) in [7, 11) is 3.11. The Kier molecular flexibility index (Phi) is 4.20. The van der Waals surface area contributed by atoms with Gasteiger partial charge in [-0.15, -0.1) is 0 Å². The fourth-order valence-corrected chi connectivity index (χ4v) is 2.53. The van der Waals surface area contributed by atoms with Crippen LogP contribution in [0.3, 0.4) is 0 Å². The van der Waals surface area contributed by atoms with Gasteiger partial charge in [0.1, 0.15) is 11.5 Å². The van der Waals surface area contributed by atoms with Gasteiger partial charge in [-0.25, -0.2) is 9.48 Å². The van der Waals surface area contributed by atoms with Crippen molar-refractivity contribution in [1.29, 1.82) is 0 Å². The molecule has 0 saturated heterocycles. The average Bonchev–Trinajstić information content (AvgIpc) is 3.07. The van der Waals surface area contributed by atoms with Crippen molar-refractivity contribution in [3.8, 4) is 28.4 Å². The molecule has 0 spiro atoms. The molecule has 3 rings (SSSR count). The fourth-order valence-electron chi connectivity index (χ4n) is 2.53. The summed E-state index contributed by atoms with van der Waals surface area (Å²) in [5, 5.41) is 13.5. The Balaban J connectivity index is 2.31. The summed E-state index contributed by atoms with van der Waals surface area (Å²) in [6.07, 6.45) is 0. The van der Waals surface area contributed by atoms with E-state index in [0.717, 1.165) is 5.69 Å². The molecule has 122 valence electrons. The molecular weight excluding hydrogens is 308 g/mol. The Morgan fingerprint density at radius 1 is 1.00 bits per heavy atom. The Bertz CT molecular complexity index is 850. The lowest BCUT2D eigenvalue weighted by molar-refractivity contribution is 0.0690. The molecule has 1 N–H and O–H groups in total. The zero-order chi connectivity index (χ0) is 17.1. The van der Waals surface area contributed by atoms with E-state index in [1.807, 2.05) is 36.4 Å². The minimum atomic E-state index is -1.10. The van der Waals surface area contributed by atoms with Gasteiger partial charge in [0.2, 0.25) is 0 Å². The third-order valence-electron chi connectivity index (χ3n) is 3.61. The maximum Gasteiger partial charge on any atom is 0.356 e. The quantitative estimate of drug-likeness (QED) is 0.780. The molecule has 0 atom stereocenters. The topological polar surface area (TPSA) is 73.6 Å². The zero-order valence-corrected chi connectivity index (χ0v) is 13.3. The average molecular weight is 324 g/mol. The molecule has 3 aromatic rings. The highest BCUT2D eigenvalue weighted by atomic mass is 16.5. The van der Waals surface area contributed by atoms with Gasteiger partial charge < -0.3 is 14.6 Å². The van der Waals surface area contributed by atoms with Crippen molar-refractivity contribution in [2.24, 2.45) is 0 Å². The molecule has 0 saturated carbocycles. The van der Waals surface area contributed by atoms with Gasteiger partial charge in [-0.1, -0.05) is 24.3 Å². The maximum absolute atomic E-state index is 11.4. The van der Waals surface area contributed by atoms with Gasteiger partial charge >= 0.3 is 5.97 Å². The van der Waals surface area contributed by atoms with Gasteiger partial charge in [0.25, 0.3) is 0 Å². The van der Waals surface area contributed by atoms with E-state index in [-0.39, 0.29) is 5.69 Å². The number of ether oxygens (including phenoxy) is 2. The van der Waals surface area contributed by atoms with Crippen molar-refractivity contribution in [2.45, 2.75) is 0 Å². The summed E-state index contributed by atoms with van der Waals surface area (Å²) in [6, 6.07) is 16.2. The standard InChI is InChI=1S/C18H16N2O4/c1-23-15-9-6-10-16(24-2)17(15)14-11-13(18(21)22)19-20(14)12-7-4-3-5-8-12/h3-11H,1-2H3,(H,21,22). The molecule has 0 radical (unpaired) electrons. The number of aromatic carboxylic acids is 1. The number of rotatable bonds is 5. The van der Waals surface area contributed by atoms with E-state index < -0.39 is 5.97 Å². The van der Waals surface area contributed by atoms with Crippen molar-refractivity contribution in [3.05, 3.63) is 60.3 Å². The number of para-hydroxylation sites is 1. The molecule has 1 heterocycles. The first-order chi connectivity index (χ1) is 11.7. The zero-order valence-electron chi connectivity index (χ0n) is 13.3. The first kappa shape index (κ1) is 15.6. The number of carboxylic acids is 1. The number of hydrogen-bond donors (Lipinski definition) is 1. The fraction of sp³-hybridized carbons (Fsp3) is 0.111. The molecule has 0 fully saturated rings. The van der Waals surface area contributed by atoms with Gasteiger partial charge in [-0.3, -0.25) is 0 Å². The predicted molar refractivity (Wildman–Crippen MR) is 89.1 cm³/mol. The van der Waals surface area contributed by atoms with Crippen LogP contribution in [-0.4, -0.2) is 35.1 Å². The van der Waals surface area contributed by atoms with Crippen molar-refractivity contribution in [2.75, 3.05) is 14.2 Å². The molecule has 0 aliphatic carbocycles. The molecular formula is C18H16N2O4. The van der Waals surface area contributed by atoms with E-state index in [9.17, 15) is 9.90 Å². The monoisotopic (exact) mass is 324 g/mol. The summed E-state index contributed by atoms with van der Waals surface area (Å²) in [5.74, 6) is 0.0477. The van der Waals surface area contributed by atoms with Crippen molar-refractivity contribution >= 4 is 5.97 Å². The van der Waals surface area contributed by atoms with Crippen LogP contribution >= 0.6 is 0 Å². The lowest BCUT2D eigenvalue weighted by atomic mass is 10.1. The van der Waals surface area contributed by atoms with Crippen LogP contribution in [0.1, 0.15) is 10.5 Å². The van der Waals surface area contributed by atoms with Gasteiger partial charge in [-0.2, -0.15) is 5.10 Å². The third kappa shape index (κ3) is 2.69. The van der Waals surface area contributed by atoms with Gasteiger partial charge in [0.05, 0.1) is 31.2 Å². The molecule has 6 nitrogen and oxygen atoms in total. The second-order valence-corrected chi connectivity index (χ2v) is 5.00. The minimum absolute atomic E-state index is 0.0539. The van der Waals surface area contributed by atoms with Crippen LogP contribution in [0.4, 0.5) is 0 Å². The summed E-state index contributed by atoms with van der Waals surface area (Å²) in [4.78, 5) is 11.4. The summed E-state index contributed by atoms with van der Waals surface area (Å²) in [5.41, 5.74) is 1.91. The SMILES string of the molecule is COc1cccc(OC)c1-c1cc(C(=O)O)nn1-c1ccccc1. The highest BCUT2D eigenvalue weighted by Gasteiger charge is 2.21. The number of hydrogen-bond acceptors (Lipinski definition) is 4. The second-order valence-electron chi connectivity index (χ2n) is 5.00. The van der Waals surface area contributed by atoms with Crippen molar-refractivity contribution < 1.29 is 19.4 Å². The number of carboxylic acid groups (broad SMARTS) is 1. The Morgan fingerprint density at radius 2 is 1.62 bits per heavy atom. The minimum Gasteiger partial charge on any atom is -0.496 e. The van der Waals surface area contributed by atoms with E-state index >= 15 is 0 Å². The lowest BCUT2D eigenvalue weighted by Crippen LogP contribution is -2.03. The van der Waals surface area contributed by atoms with Gasteiger partial charge in [-0.05, 0) is 30.3 Å². The Morgan fingerprint density at radius 3 is 2.17 bits per heavy atom. The largest absolute Gasteiger partial charge is 0.496 e. The molecule has 0 bridgehead atoms.